The third-order valence-electron chi connectivity index (χ3n) is 5.45. The molecule has 0 fully saturated rings. The van der Waals surface area contributed by atoms with Crippen molar-refractivity contribution in [3.8, 4) is 34.2 Å². The summed E-state index contributed by atoms with van der Waals surface area (Å²) in [4.78, 5) is 12.2. The molecule has 2 aromatic carbocycles. The van der Waals surface area contributed by atoms with Crippen LogP contribution in [-0.4, -0.2) is 24.5 Å². The molecule has 0 bridgehead atoms. The molecule has 156 valence electrons. The first-order chi connectivity index (χ1) is 15.0. The first-order valence-electron chi connectivity index (χ1n) is 10.0. The molecule has 0 saturated heterocycles. The number of nitrogens with zero attached hydrogens (tertiary/aromatic N) is 5. The van der Waals surface area contributed by atoms with E-state index in [1.54, 1.807) is 23.2 Å². The second-order valence-electron chi connectivity index (χ2n) is 7.81. The van der Waals surface area contributed by atoms with Gasteiger partial charge in [0.2, 0.25) is 5.89 Å². The number of aryl methyl sites for hydroxylation is 2. The molecule has 8 heteroatoms. The number of hydrogen-bond donors (Lipinski definition) is 0. The molecule has 0 aliphatic heterocycles. The number of rotatable bonds is 4. The van der Waals surface area contributed by atoms with Gasteiger partial charge in [0.25, 0.3) is 5.89 Å². The van der Waals surface area contributed by atoms with Gasteiger partial charge in [-0.05, 0) is 18.2 Å². The standard InChI is InChI=1S/C23H21N5O3/c1-13(2)20-18(19(26-31-20)14-8-6-5-7-9-14)22-25-24-21(30-22)15-10-11-16-17(12-15)28(4)23(29)27(16)3/h5-13H,1-4H3. The van der Waals surface area contributed by atoms with Crippen molar-refractivity contribution in [1.82, 2.24) is 24.5 Å². The van der Waals surface area contributed by atoms with Crippen LogP contribution in [0, 0.1) is 0 Å². The summed E-state index contributed by atoms with van der Waals surface area (Å²) >= 11 is 0. The highest BCUT2D eigenvalue weighted by atomic mass is 16.5. The summed E-state index contributed by atoms with van der Waals surface area (Å²) in [6, 6.07) is 15.4. The van der Waals surface area contributed by atoms with Crippen molar-refractivity contribution < 1.29 is 8.94 Å². The fraction of sp³-hybridized carbons (Fsp3) is 0.217. The molecule has 8 nitrogen and oxygen atoms in total. The number of imidazole rings is 1. The van der Waals surface area contributed by atoms with Gasteiger partial charge in [0.1, 0.15) is 11.3 Å². The van der Waals surface area contributed by atoms with Crippen molar-refractivity contribution in [2.75, 3.05) is 0 Å². The van der Waals surface area contributed by atoms with E-state index >= 15 is 0 Å². The van der Waals surface area contributed by atoms with Crippen LogP contribution in [-0.2, 0) is 14.1 Å². The van der Waals surface area contributed by atoms with Crippen LogP contribution in [0.3, 0.4) is 0 Å². The molecule has 0 amide bonds. The summed E-state index contributed by atoms with van der Waals surface area (Å²) in [6.07, 6.45) is 0. The van der Waals surface area contributed by atoms with Gasteiger partial charge in [0, 0.05) is 31.1 Å². The maximum absolute atomic E-state index is 12.2. The maximum atomic E-state index is 12.2. The van der Waals surface area contributed by atoms with Gasteiger partial charge in [0.05, 0.1) is 11.0 Å². The second-order valence-corrected chi connectivity index (χ2v) is 7.81. The highest BCUT2D eigenvalue weighted by Gasteiger charge is 2.26. The third-order valence-corrected chi connectivity index (χ3v) is 5.45. The van der Waals surface area contributed by atoms with Crippen LogP contribution in [0.5, 0.6) is 0 Å². The molecule has 0 N–H and O–H groups in total. The average molecular weight is 415 g/mol. The van der Waals surface area contributed by atoms with E-state index < -0.39 is 0 Å². The van der Waals surface area contributed by atoms with E-state index in [0.717, 1.165) is 22.2 Å². The Bertz CT molecular complexity index is 1450. The molecule has 0 radical (unpaired) electrons. The number of aromatic nitrogens is 5. The quantitative estimate of drug-likeness (QED) is 0.433. The normalized spacial score (nSPS) is 11.6. The summed E-state index contributed by atoms with van der Waals surface area (Å²) in [7, 11) is 3.49. The average Bonchev–Trinajstić information content (AvgIpc) is 3.49. The van der Waals surface area contributed by atoms with Gasteiger partial charge in [-0.2, -0.15) is 0 Å². The molecular formula is C23H21N5O3. The molecule has 0 unspecified atom stereocenters. The Labute approximate surface area is 177 Å². The Hall–Kier alpha value is -3.94. The second kappa shape index (κ2) is 7.09. The highest BCUT2D eigenvalue weighted by molar-refractivity contribution is 5.82. The van der Waals surface area contributed by atoms with Crippen LogP contribution < -0.4 is 5.69 Å². The number of fused-ring (bicyclic) bond motifs is 1. The van der Waals surface area contributed by atoms with E-state index in [-0.39, 0.29) is 11.6 Å². The zero-order chi connectivity index (χ0) is 21.7. The Morgan fingerprint density at radius 3 is 2.32 bits per heavy atom. The lowest BCUT2D eigenvalue weighted by Gasteiger charge is -2.03. The topological polar surface area (TPSA) is 91.9 Å². The Morgan fingerprint density at radius 2 is 1.58 bits per heavy atom. The maximum Gasteiger partial charge on any atom is 0.328 e. The molecule has 31 heavy (non-hydrogen) atoms. The van der Waals surface area contributed by atoms with Gasteiger partial charge in [0.15, 0.2) is 5.76 Å². The lowest BCUT2D eigenvalue weighted by molar-refractivity contribution is 0.373. The van der Waals surface area contributed by atoms with Gasteiger partial charge in [-0.15, -0.1) is 10.2 Å². The van der Waals surface area contributed by atoms with E-state index in [9.17, 15) is 4.79 Å². The smallest absolute Gasteiger partial charge is 0.328 e. The minimum Gasteiger partial charge on any atom is -0.416 e. The fourth-order valence-electron chi connectivity index (χ4n) is 3.78. The predicted octanol–water partition coefficient (Wildman–Crippen LogP) is 4.37. The summed E-state index contributed by atoms with van der Waals surface area (Å²) < 4.78 is 14.9. The highest BCUT2D eigenvalue weighted by Crippen LogP contribution is 2.38. The molecule has 5 rings (SSSR count). The van der Waals surface area contributed by atoms with E-state index in [0.29, 0.717) is 28.8 Å². The molecule has 5 aromatic rings. The summed E-state index contributed by atoms with van der Waals surface area (Å²) in [5.41, 5.74) is 4.56. The molecule has 3 heterocycles. The summed E-state index contributed by atoms with van der Waals surface area (Å²) in [6.45, 7) is 4.06. The van der Waals surface area contributed by atoms with Gasteiger partial charge in [-0.1, -0.05) is 49.3 Å². The molecule has 3 aromatic heterocycles. The van der Waals surface area contributed by atoms with Crippen molar-refractivity contribution in [1.29, 1.82) is 0 Å². The van der Waals surface area contributed by atoms with Crippen LogP contribution in [0.1, 0.15) is 25.5 Å². The van der Waals surface area contributed by atoms with E-state index in [2.05, 4.69) is 15.4 Å². The SMILES string of the molecule is CC(C)c1onc(-c2ccccc2)c1-c1nnc(-c2ccc3c(c2)n(C)c(=O)n3C)o1. The van der Waals surface area contributed by atoms with Crippen LogP contribution in [0.15, 0.2) is 62.3 Å². The van der Waals surface area contributed by atoms with Crippen LogP contribution >= 0.6 is 0 Å². The molecule has 0 aliphatic rings. The van der Waals surface area contributed by atoms with Gasteiger partial charge in [-0.3, -0.25) is 9.13 Å². The van der Waals surface area contributed by atoms with Gasteiger partial charge >= 0.3 is 5.69 Å². The molecule has 0 spiro atoms. The largest absolute Gasteiger partial charge is 0.416 e. The van der Waals surface area contributed by atoms with Crippen LogP contribution in [0.4, 0.5) is 0 Å². The molecular weight excluding hydrogens is 394 g/mol. The third kappa shape index (κ3) is 2.99. The molecule has 0 atom stereocenters. The lowest BCUT2D eigenvalue weighted by atomic mass is 10.0. The fourth-order valence-corrected chi connectivity index (χ4v) is 3.78. The number of hydrogen-bond acceptors (Lipinski definition) is 6. The first-order valence-corrected chi connectivity index (χ1v) is 10.0. The van der Waals surface area contributed by atoms with Gasteiger partial charge < -0.3 is 8.94 Å². The van der Waals surface area contributed by atoms with Crippen LogP contribution in [0.25, 0.3) is 45.2 Å². The lowest BCUT2D eigenvalue weighted by Crippen LogP contribution is -2.19. The van der Waals surface area contributed by atoms with Crippen molar-refractivity contribution in [3.63, 3.8) is 0 Å². The zero-order valence-corrected chi connectivity index (χ0v) is 17.7. The minimum absolute atomic E-state index is 0.0862. The monoisotopic (exact) mass is 415 g/mol. The van der Waals surface area contributed by atoms with Gasteiger partial charge in [-0.25, -0.2) is 4.79 Å². The van der Waals surface area contributed by atoms with Crippen molar-refractivity contribution in [2.24, 2.45) is 14.1 Å². The van der Waals surface area contributed by atoms with Crippen LogP contribution in [0.2, 0.25) is 0 Å². The predicted molar refractivity (Wildman–Crippen MR) is 116 cm³/mol. The molecule has 0 saturated carbocycles. The van der Waals surface area contributed by atoms with Crippen molar-refractivity contribution >= 4 is 11.0 Å². The summed E-state index contributed by atoms with van der Waals surface area (Å²) in [5, 5.41) is 12.8. The number of benzene rings is 2. The Morgan fingerprint density at radius 1 is 0.871 bits per heavy atom. The van der Waals surface area contributed by atoms with Crippen molar-refractivity contribution in [3.05, 3.63) is 64.8 Å². The van der Waals surface area contributed by atoms with E-state index in [1.807, 2.05) is 62.4 Å². The minimum atomic E-state index is -0.0862. The molecule has 0 aliphatic carbocycles. The Balaban J connectivity index is 1.64. The van der Waals surface area contributed by atoms with E-state index in [4.69, 9.17) is 8.94 Å². The van der Waals surface area contributed by atoms with E-state index in [1.165, 1.54) is 0 Å². The van der Waals surface area contributed by atoms with Crippen molar-refractivity contribution in [2.45, 2.75) is 19.8 Å². The Kier molecular flexibility index (Phi) is 4.35. The zero-order valence-electron chi connectivity index (χ0n) is 17.7. The first kappa shape index (κ1) is 19.0. The summed E-state index contributed by atoms with van der Waals surface area (Å²) in [5.74, 6) is 1.49.